The fraction of sp³-hybridized carbons (Fsp3) is 0.412. The molecular formula is C17H20FN3O2. The van der Waals surface area contributed by atoms with Gasteiger partial charge in [-0.1, -0.05) is 0 Å². The van der Waals surface area contributed by atoms with Crippen molar-refractivity contribution in [3.63, 3.8) is 0 Å². The van der Waals surface area contributed by atoms with E-state index in [9.17, 15) is 14.3 Å². The lowest BCUT2D eigenvalue weighted by atomic mass is 9.97. The van der Waals surface area contributed by atoms with Crippen LogP contribution in [0.5, 0.6) is 0 Å². The van der Waals surface area contributed by atoms with E-state index in [1.807, 2.05) is 11.8 Å². The number of aliphatic hydroxyl groups is 1. The zero-order chi connectivity index (χ0) is 16.4. The normalized spacial score (nSPS) is 15.9. The van der Waals surface area contributed by atoms with Crippen LogP contribution in [0.15, 0.2) is 30.5 Å². The van der Waals surface area contributed by atoms with Crippen LogP contribution in [0.2, 0.25) is 0 Å². The van der Waals surface area contributed by atoms with Crippen LogP contribution in [0.25, 0.3) is 5.69 Å². The molecule has 0 saturated carbocycles. The van der Waals surface area contributed by atoms with Gasteiger partial charge < -0.3 is 10.0 Å². The second kappa shape index (κ2) is 6.50. The summed E-state index contributed by atoms with van der Waals surface area (Å²) >= 11 is 0. The second-order valence-electron chi connectivity index (χ2n) is 5.95. The van der Waals surface area contributed by atoms with E-state index in [4.69, 9.17) is 0 Å². The van der Waals surface area contributed by atoms with Gasteiger partial charge in [-0.25, -0.2) is 9.07 Å². The Bertz CT molecular complexity index is 688. The third-order valence-corrected chi connectivity index (χ3v) is 4.47. The van der Waals surface area contributed by atoms with Gasteiger partial charge in [0.05, 0.1) is 23.1 Å². The van der Waals surface area contributed by atoms with E-state index in [1.54, 1.807) is 23.0 Å². The fourth-order valence-corrected chi connectivity index (χ4v) is 2.95. The van der Waals surface area contributed by atoms with Crippen molar-refractivity contribution in [2.45, 2.75) is 19.8 Å². The van der Waals surface area contributed by atoms with Gasteiger partial charge in [0, 0.05) is 19.7 Å². The molecule has 5 nitrogen and oxygen atoms in total. The third-order valence-electron chi connectivity index (χ3n) is 4.47. The van der Waals surface area contributed by atoms with Gasteiger partial charge in [0.15, 0.2) is 0 Å². The lowest BCUT2D eigenvalue weighted by Gasteiger charge is -2.31. The number of carbonyl (C=O) groups excluding carboxylic acids is 1. The molecule has 0 unspecified atom stereocenters. The standard InChI is InChI=1S/C17H20FN3O2/c1-12-16(17(23)20-8-6-13(11-22)7-9-20)10-19-21(12)15-4-2-14(18)3-5-15/h2-5,10,13,22H,6-9,11H2,1H3. The molecule has 1 N–H and O–H groups in total. The quantitative estimate of drug-likeness (QED) is 0.944. The molecule has 0 spiro atoms. The zero-order valence-corrected chi connectivity index (χ0v) is 13.1. The maximum atomic E-state index is 13.0. The molecule has 1 aromatic heterocycles. The summed E-state index contributed by atoms with van der Waals surface area (Å²) in [7, 11) is 0. The van der Waals surface area contributed by atoms with Crippen molar-refractivity contribution in [3.05, 3.63) is 47.5 Å². The Kier molecular flexibility index (Phi) is 4.43. The molecule has 0 bridgehead atoms. The number of hydrogen-bond donors (Lipinski definition) is 1. The van der Waals surface area contributed by atoms with E-state index in [0.29, 0.717) is 24.6 Å². The SMILES string of the molecule is Cc1c(C(=O)N2CCC(CO)CC2)cnn1-c1ccc(F)cc1. The molecule has 2 aromatic rings. The van der Waals surface area contributed by atoms with Crippen molar-refractivity contribution >= 4 is 5.91 Å². The highest BCUT2D eigenvalue weighted by atomic mass is 19.1. The number of rotatable bonds is 3. The predicted octanol–water partition coefficient (Wildman–Crippen LogP) is 2.16. The molecule has 23 heavy (non-hydrogen) atoms. The number of amides is 1. The smallest absolute Gasteiger partial charge is 0.257 e. The van der Waals surface area contributed by atoms with E-state index in [-0.39, 0.29) is 18.3 Å². The summed E-state index contributed by atoms with van der Waals surface area (Å²) in [5, 5.41) is 13.5. The molecule has 1 aromatic carbocycles. The number of carbonyl (C=O) groups is 1. The average Bonchev–Trinajstić information content (AvgIpc) is 2.96. The maximum Gasteiger partial charge on any atom is 0.257 e. The molecular weight excluding hydrogens is 297 g/mol. The van der Waals surface area contributed by atoms with Gasteiger partial charge in [0.1, 0.15) is 5.82 Å². The number of halogens is 1. The van der Waals surface area contributed by atoms with Crippen LogP contribution in [0.4, 0.5) is 4.39 Å². The Balaban J connectivity index is 1.79. The number of aliphatic hydroxyl groups excluding tert-OH is 1. The van der Waals surface area contributed by atoms with Gasteiger partial charge in [-0.2, -0.15) is 5.10 Å². The van der Waals surface area contributed by atoms with Gasteiger partial charge in [-0.3, -0.25) is 4.79 Å². The first kappa shape index (κ1) is 15.7. The van der Waals surface area contributed by atoms with E-state index >= 15 is 0 Å². The van der Waals surface area contributed by atoms with Crippen molar-refractivity contribution < 1.29 is 14.3 Å². The summed E-state index contributed by atoms with van der Waals surface area (Å²) in [5.74, 6) is -0.0454. The zero-order valence-electron chi connectivity index (χ0n) is 13.1. The average molecular weight is 317 g/mol. The summed E-state index contributed by atoms with van der Waals surface area (Å²) in [6.07, 6.45) is 3.22. The monoisotopic (exact) mass is 317 g/mol. The van der Waals surface area contributed by atoms with E-state index in [1.165, 1.54) is 12.1 Å². The molecule has 122 valence electrons. The van der Waals surface area contributed by atoms with Crippen LogP contribution in [-0.2, 0) is 0 Å². The molecule has 3 rings (SSSR count). The van der Waals surface area contributed by atoms with Crippen molar-refractivity contribution in [2.24, 2.45) is 5.92 Å². The Morgan fingerprint density at radius 3 is 2.57 bits per heavy atom. The molecule has 1 aliphatic heterocycles. The first-order chi connectivity index (χ1) is 11.1. The Morgan fingerprint density at radius 2 is 1.96 bits per heavy atom. The summed E-state index contributed by atoms with van der Waals surface area (Å²) in [6, 6.07) is 6.02. The van der Waals surface area contributed by atoms with Crippen molar-refractivity contribution in [1.29, 1.82) is 0 Å². The van der Waals surface area contributed by atoms with Crippen LogP contribution in [0.3, 0.4) is 0 Å². The van der Waals surface area contributed by atoms with Gasteiger partial charge >= 0.3 is 0 Å². The van der Waals surface area contributed by atoms with E-state index in [2.05, 4.69) is 5.10 Å². The molecule has 1 saturated heterocycles. The van der Waals surface area contributed by atoms with Crippen LogP contribution in [0.1, 0.15) is 28.9 Å². The molecule has 0 radical (unpaired) electrons. The summed E-state index contributed by atoms with van der Waals surface area (Å²) in [5.41, 5.74) is 2.03. The van der Waals surface area contributed by atoms with Crippen molar-refractivity contribution in [3.8, 4) is 5.69 Å². The number of nitrogens with zero attached hydrogens (tertiary/aromatic N) is 3. The molecule has 0 aliphatic carbocycles. The maximum absolute atomic E-state index is 13.0. The second-order valence-corrected chi connectivity index (χ2v) is 5.95. The van der Waals surface area contributed by atoms with E-state index < -0.39 is 0 Å². The lowest BCUT2D eigenvalue weighted by molar-refractivity contribution is 0.0650. The topological polar surface area (TPSA) is 58.4 Å². The summed E-state index contributed by atoms with van der Waals surface area (Å²) in [4.78, 5) is 14.5. The van der Waals surface area contributed by atoms with Crippen molar-refractivity contribution in [1.82, 2.24) is 14.7 Å². The minimum atomic E-state index is -0.304. The lowest BCUT2D eigenvalue weighted by Crippen LogP contribution is -2.39. The number of piperidine rings is 1. The largest absolute Gasteiger partial charge is 0.396 e. The Morgan fingerprint density at radius 1 is 1.30 bits per heavy atom. The number of benzene rings is 1. The first-order valence-electron chi connectivity index (χ1n) is 7.81. The molecule has 0 atom stereocenters. The van der Waals surface area contributed by atoms with E-state index in [0.717, 1.165) is 24.2 Å². The fourth-order valence-electron chi connectivity index (χ4n) is 2.95. The highest BCUT2D eigenvalue weighted by molar-refractivity contribution is 5.95. The minimum Gasteiger partial charge on any atom is -0.396 e. The number of hydrogen-bond acceptors (Lipinski definition) is 3. The molecule has 6 heteroatoms. The molecule has 1 amide bonds. The van der Waals surface area contributed by atoms with Crippen LogP contribution in [0, 0.1) is 18.7 Å². The highest BCUT2D eigenvalue weighted by Crippen LogP contribution is 2.21. The minimum absolute atomic E-state index is 0.0350. The molecule has 2 heterocycles. The van der Waals surface area contributed by atoms with Crippen molar-refractivity contribution in [2.75, 3.05) is 19.7 Å². The summed E-state index contributed by atoms with van der Waals surface area (Å²) in [6.45, 7) is 3.34. The highest BCUT2D eigenvalue weighted by Gasteiger charge is 2.25. The van der Waals surface area contributed by atoms with Crippen LogP contribution < -0.4 is 0 Å². The Hall–Kier alpha value is -2.21. The summed E-state index contributed by atoms with van der Waals surface area (Å²) < 4.78 is 14.7. The third kappa shape index (κ3) is 3.12. The van der Waals surface area contributed by atoms with Gasteiger partial charge in [0.25, 0.3) is 5.91 Å². The van der Waals surface area contributed by atoms with Gasteiger partial charge in [-0.05, 0) is 49.9 Å². The number of likely N-dealkylation sites (tertiary alicyclic amines) is 1. The van der Waals surface area contributed by atoms with Gasteiger partial charge in [-0.15, -0.1) is 0 Å². The Labute approximate surface area is 134 Å². The predicted molar refractivity (Wildman–Crippen MR) is 84.0 cm³/mol. The van der Waals surface area contributed by atoms with Crippen LogP contribution in [-0.4, -0.2) is 45.4 Å². The molecule has 1 fully saturated rings. The number of aromatic nitrogens is 2. The molecule has 1 aliphatic rings. The first-order valence-corrected chi connectivity index (χ1v) is 7.81. The van der Waals surface area contributed by atoms with Gasteiger partial charge in [0.2, 0.25) is 0 Å². The van der Waals surface area contributed by atoms with Crippen LogP contribution >= 0.6 is 0 Å².